The number of nitrogens with one attached hydrogen (secondary N) is 1. The predicted octanol–water partition coefficient (Wildman–Crippen LogP) is 3.93. The zero-order chi connectivity index (χ0) is 12.7. The van der Waals surface area contributed by atoms with Gasteiger partial charge in [0.15, 0.2) is 0 Å². The number of benzene rings is 1. The number of allylic oxidation sites excluding steroid dienone is 1. The Bertz CT molecular complexity index is 386. The van der Waals surface area contributed by atoms with Gasteiger partial charge in [0.05, 0.1) is 0 Å². The highest BCUT2D eigenvalue weighted by atomic mass is 16.1. The standard InChI is InChI=1S/C15H21NO/c1-4-5-6-13-7-9-14(10-8-13)16-15(17)11-12(2)3/h7-11H,4-6H2,1-3H3,(H,16,17). The maximum absolute atomic E-state index is 11.5. The average Bonchev–Trinajstić information content (AvgIpc) is 2.27. The van der Waals surface area contributed by atoms with E-state index in [9.17, 15) is 4.79 Å². The molecule has 0 aliphatic carbocycles. The Morgan fingerprint density at radius 2 is 1.88 bits per heavy atom. The topological polar surface area (TPSA) is 29.1 Å². The van der Waals surface area contributed by atoms with Gasteiger partial charge >= 0.3 is 0 Å². The lowest BCUT2D eigenvalue weighted by Gasteiger charge is -2.04. The molecule has 92 valence electrons. The smallest absolute Gasteiger partial charge is 0.248 e. The van der Waals surface area contributed by atoms with E-state index in [1.165, 1.54) is 18.4 Å². The normalized spacial score (nSPS) is 9.82. The molecule has 1 aromatic rings. The first-order chi connectivity index (χ1) is 8.11. The Morgan fingerprint density at radius 1 is 1.24 bits per heavy atom. The molecule has 2 nitrogen and oxygen atoms in total. The van der Waals surface area contributed by atoms with Crippen molar-refractivity contribution in [3.8, 4) is 0 Å². The van der Waals surface area contributed by atoms with Crippen molar-refractivity contribution in [2.75, 3.05) is 5.32 Å². The monoisotopic (exact) mass is 231 g/mol. The van der Waals surface area contributed by atoms with Crippen molar-refractivity contribution in [1.82, 2.24) is 0 Å². The maximum atomic E-state index is 11.5. The molecular weight excluding hydrogens is 210 g/mol. The van der Waals surface area contributed by atoms with Crippen LogP contribution >= 0.6 is 0 Å². The molecule has 0 unspecified atom stereocenters. The van der Waals surface area contributed by atoms with Crippen LogP contribution in [0.15, 0.2) is 35.9 Å². The van der Waals surface area contributed by atoms with Crippen molar-refractivity contribution in [3.05, 3.63) is 41.5 Å². The number of carbonyl (C=O) groups excluding carboxylic acids is 1. The number of aryl methyl sites for hydroxylation is 1. The first-order valence-electron chi connectivity index (χ1n) is 6.16. The number of hydrogen-bond donors (Lipinski definition) is 1. The lowest BCUT2D eigenvalue weighted by Crippen LogP contribution is -2.08. The third-order valence-electron chi connectivity index (χ3n) is 2.46. The molecule has 0 saturated heterocycles. The van der Waals surface area contributed by atoms with Gasteiger partial charge in [-0.3, -0.25) is 4.79 Å². The Kier molecular flexibility index (Phi) is 5.47. The van der Waals surface area contributed by atoms with Gasteiger partial charge in [-0.05, 0) is 44.4 Å². The quantitative estimate of drug-likeness (QED) is 0.764. The van der Waals surface area contributed by atoms with Crippen molar-refractivity contribution in [3.63, 3.8) is 0 Å². The summed E-state index contributed by atoms with van der Waals surface area (Å²) in [7, 11) is 0. The summed E-state index contributed by atoms with van der Waals surface area (Å²) in [5.41, 5.74) is 3.18. The molecule has 0 atom stereocenters. The third kappa shape index (κ3) is 5.34. The minimum absolute atomic E-state index is 0.0636. The number of carbonyl (C=O) groups is 1. The molecule has 0 spiro atoms. The van der Waals surface area contributed by atoms with Gasteiger partial charge in [0.2, 0.25) is 5.91 Å². The van der Waals surface area contributed by atoms with E-state index in [0.717, 1.165) is 17.7 Å². The van der Waals surface area contributed by atoms with Crippen molar-refractivity contribution in [2.45, 2.75) is 40.0 Å². The van der Waals surface area contributed by atoms with Crippen LogP contribution in [0.2, 0.25) is 0 Å². The van der Waals surface area contributed by atoms with Crippen LogP contribution in [0.3, 0.4) is 0 Å². The van der Waals surface area contributed by atoms with Crippen LogP contribution < -0.4 is 5.32 Å². The van der Waals surface area contributed by atoms with Crippen LogP contribution in [-0.4, -0.2) is 5.91 Å². The van der Waals surface area contributed by atoms with Gasteiger partial charge in [-0.15, -0.1) is 0 Å². The molecule has 17 heavy (non-hydrogen) atoms. The van der Waals surface area contributed by atoms with Crippen LogP contribution in [0.5, 0.6) is 0 Å². The molecule has 0 aromatic heterocycles. The fourth-order valence-corrected chi connectivity index (χ4v) is 1.58. The summed E-state index contributed by atoms with van der Waals surface area (Å²) >= 11 is 0. The van der Waals surface area contributed by atoms with Crippen LogP contribution in [0.1, 0.15) is 39.2 Å². The second-order valence-electron chi connectivity index (χ2n) is 4.51. The lowest BCUT2D eigenvalue weighted by molar-refractivity contribution is -0.111. The van der Waals surface area contributed by atoms with Gasteiger partial charge in [0.25, 0.3) is 0 Å². The molecule has 0 radical (unpaired) electrons. The van der Waals surface area contributed by atoms with Gasteiger partial charge < -0.3 is 5.32 Å². The summed E-state index contributed by atoms with van der Waals surface area (Å²) in [6.45, 7) is 6.01. The number of hydrogen-bond acceptors (Lipinski definition) is 1. The largest absolute Gasteiger partial charge is 0.323 e. The Labute approximate surface area is 104 Å². The first-order valence-corrected chi connectivity index (χ1v) is 6.16. The lowest BCUT2D eigenvalue weighted by atomic mass is 10.1. The second-order valence-corrected chi connectivity index (χ2v) is 4.51. The highest BCUT2D eigenvalue weighted by molar-refractivity contribution is 5.99. The molecule has 0 saturated carbocycles. The van der Waals surface area contributed by atoms with Crippen molar-refractivity contribution < 1.29 is 4.79 Å². The molecule has 0 heterocycles. The zero-order valence-electron chi connectivity index (χ0n) is 10.9. The van der Waals surface area contributed by atoms with Gasteiger partial charge in [0, 0.05) is 11.8 Å². The van der Waals surface area contributed by atoms with E-state index >= 15 is 0 Å². The molecule has 1 N–H and O–H groups in total. The minimum Gasteiger partial charge on any atom is -0.323 e. The van der Waals surface area contributed by atoms with E-state index in [0.29, 0.717) is 0 Å². The molecule has 0 aliphatic rings. The highest BCUT2D eigenvalue weighted by Crippen LogP contribution is 2.11. The van der Waals surface area contributed by atoms with Crippen LogP contribution in [0.4, 0.5) is 5.69 Å². The summed E-state index contributed by atoms with van der Waals surface area (Å²) in [4.78, 5) is 11.5. The molecule has 1 amide bonds. The Balaban J connectivity index is 2.56. The summed E-state index contributed by atoms with van der Waals surface area (Å²) in [6.07, 6.45) is 5.13. The fraction of sp³-hybridized carbons (Fsp3) is 0.400. The van der Waals surface area contributed by atoms with E-state index in [4.69, 9.17) is 0 Å². The van der Waals surface area contributed by atoms with Crippen molar-refractivity contribution in [2.24, 2.45) is 0 Å². The van der Waals surface area contributed by atoms with Crippen LogP contribution in [0, 0.1) is 0 Å². The summed E-state index contributed by atoms with van der Waals surface area (Å²) in [5, 5.41) is 2.84. The SMILES string of the molecule is CCCCc1ccc(NC(=O)C=C(C)C)cc1. The molecule has 0 bridgehead atoms. The summed E-state index contributed by atoms with van der Waals surface area (Å²) in [5.74, 6) is -0.0636. The summed E-state index contributed by atoms with van der Waals surface area (Å²) in [6, 6.07) is 8.07. The van der Waals surface area contributed by atoms with Crippen molar-refractivity contribution >= 4 is 11.6 Å². The second kappa shape index (κ2) is 6.89. The molecule has 1 aromatic carbocycles. The average molecular weight is 231 g/mol. The van der Waals surface area contributed by atoms with Gasteiger partial charge in [-0.2, -0.15) is 0 Å². The third-order valence-corrected chi connectivity index (χ3v) is 2.46. The number of amides is 1. The Morgan fingerprint density at radius 3 is 2.41 bits per heavy atom. The number of unbranched alkanes of at least 4 members (excludes halogenated alkanes) is 1. The molecule has 0 aliphatic heterocycles. The van der Waals surface area contributed by atoms with Gasteiger partial charge in [-0.1, -0.05) is 31.1 Å². The van der Waals surface area contributed by atoms with Gasteiger partial charge in [-0.25, -0.2) is 0 Å². The zero-order valence-corrected chi connectivity index (χ0v) is 10.9. The van der Waals surface area contributed by atoms with E-state index in [1.807, 2.05) is 26.0 Å². The highest BCUT2D eigenvalue weighted by Gasteiger charge is 1.98. The van der Waals surface area contributed by atoms with E-state index in [2.05, 4.69) is 24.4 Å². The number of rotatable bonds is 5. The maximum Gasteiger partial charge on any atom is 0.248 e. The first kappa shape index (κ1) is 13.5. The fourth-order valence-electron chi connectivity index (χ4n) is 1.58. The van der Waals surface area contributed by atoms with Gasteiger partial charge in [0.1, 0.15) is 0 Å². The molecule has 0 fully saturated rings. The predicted molar refractivity (Wildman–Crippen MR) is 73.1 cm³/mol. The molecular formula is C15H21NO. The molecule has 1 rings (SSSR count). The summed E-state index contributed by atoms with van der Waals surface area (Å²) < 4.78 is 0. The minimum atomic E-state index is -0.0636. The van der Waals surface area contributed by atoms with Crippen LogP contribution in [0.25, 0.3) is 0 Å². The Hall–Kier alpha value is -1.57. The van der Waals surface area contributed by atoms with E-state index in [1.54, 1.807) is 6.08 Å². The molecule has 2 heteroatoms. The van der Waals surface area contributed by atoms with E-state index in [-0.39, 0.29) is 5.91 Å². The van der Waals surface area contributed by atoms with Crippen LogP contribution in [-0.2, 0) is 11.2 Å². The number of anilines is 1. The van der Waals surface area contributed by atoms with E-state index < -0.39 is 0 Å². The van der Waals surface area contributed by atoms with Crippen molar-refractivity contribution in [1.29, 1.82) is 0 Å².